The highest BCUT2D eigenvalue weighted by Gasteiger charge is 2.32. The molecule has 0 saturated heterocycles. The van der Waals surface area contributed by atoms with Gasteiger partial charge in [0.25, 0.3) is 5.56 Å². The molecular formula is C19H21N5O3. The van der Waals surface area contributed by atoms with Gasteiger partial charge >= 0.3 is 0 Å². The van der Waals surface area contributed by atoms with Gasteiger partial charge in [-0.25, -0.2) is 4.98 Å². The summed E-state index contributed by atoms with van der Waals surface area (Å²) in [6.07, 6.45) is 3.31. The van der Waals surface area contributed by atoms with Crippen LogP contribution in [0.1, 0.15) is 30.3 Å². The molecule has 4 rings (SSSR count). The Bertz CT molecular complexity index is 1020. The predicted molar refractivity (Wildman–Crippen MR) is 99.2 cm³/mol. The Balaban J connectivity index is 1.34. The maximum Gasteiger partial charge on any atom is 0.251 e. The molecule has 1 saturated carbocycles. The largest absolute Gasteiger partial charge is 0.377 e. The molecule has 0 radical (unpaired) electrons. The second-order valence-electron chi connectivity index (χ2n) is 6.84. The van der Waals surface area contributed by atoms with E-state index in [2.05, 4.69) is 20.4 Å². The molecule has 140 valence electrons. The molecule has 0 bridgehead atoms. The number of benzene rings is 1. The number of aromatic amines is 1. The highest BCUT2D eigenvalue weighted by molar-refractivity contribution is 5.82. The van der Waals surface area contributed by atoms with Gasteiger partial charge in [-0.2, -0.15) is 5.10 Å². The molecule has 1 amide bonds. The van der Waals surface area contributed by atoms with Crippen LogP contribution in [0.25, 0.3) is 10.9 Å². The molecule has 2 N–H and O–H groups in total. The fourth-order valence-corrected chi connectivity index (χ4v) is 3.48. The number of fused-ring (bicyclic) bond motifs is 1. The minimum atomic E-state index is -0.176. The lowest BCUT2D eigenvalue weighted by Gasteiger charge is -2.35. The summed E-state index contributed by atoms with van der Waals surface area (Å²) in [6.45, 7) is 0.462. The molecule has 3 aromatic rings. The molecule has 1 fully saturated rings. The van der Waals surface area contributed by atoms with Crippen molar-refractivity contribution < 1.29 is 9.53 Å². The van der Waals surface area contributed by atoms with Crippen molar-refractivity contribution in [3.8, 4) is 0 Å². The Morgan fingerprint density at radius 2 is 2.19 bits per heavy atom. The van der Waals surface area contributed by atoms with E-state index in [4.69, 9.17) is 4.74 Å². The maximum atomic E-state index is 12.3. The average Bonchev–Trinajstić information content (AvgIpc) is 3.00. The molecule has 8 nitrogen and oxygen atoms in total. The van der Waals surface area contributed by atoms with Crippen molar-refractivity contribution in [1.82, 2.24) is 25.1 Å². The molecule has 2 heterocycles. The van der Waals surface area contributed by atoms with Crippen LogP contribution in [0.5, 0.6) is 0 Å². The number of para-hydroxylation sites is 1. The number of hydrogen-bond acceptors (Lipinski definition) is 5. The molecule has 1 aliphatic carbocycles. The van der Waals surface area contributed by atoms with E-state index in [1.165, 1.54) is 6.07 Å². The molecule has 0 aliphatic heterocycles. The average molecular weight is 367 g/mol. The summed E-state index contributed by atoms with van der Waals surface area (Å²) in [4.78, 5) is 31.2. The van der Waals surface area contributed by atoms with Gasteiger partial charge < -0.3 is 15.0 Å². The standard InChI is InChI=1S/C19H21N5O3/c1-27-11-17-22-15(8-18(25)23-17)13-6-14(7-13)21-19(26)10-24-16-5-3-2-4-12(16)9-20-24/h2-5,8-9,13-14H,6-7,10-11H2,1H3,(H,21,26)(H,22,23,25). The van der Waals surface area contributed by atoms with Crippen molar-refractivity contribution in [3.05, 3.63) is 58.4 Å². The Morgan fingerprint density at radius 3 is 3.00 bits per heavy atom. The third kappa shape index (κ3) is 3.75. The van der Waals surface area contributed by atoms with E-state index < -0.39 is 0 Å². The molecule has 1 aliphatic rings. The SMILES string of the molecule is COCc1nc(C2CC(NC(=O)Cn3ncc4ccccc43)C2)cc(=O)[nH]1. The monoisotopic (exact) mass is 367 g/mol. The summed E-state index contributed by atoms with van der Waals surface area (Å²) in [6, 6.07) is 9.42. The number of nitrogens with one attached hydrogen (secondary N) is 2. The molecule has 0 spiro atoms. The summed E-state index contributed by atoms with van der Waals surface area (Å²) < 4.78 is 6.73. The Morgan fingerprint density at radius 1 is 1.37 bits per heavy atom. The Labute approximate surface area is 155 Å². The number of amides is 1. The van der Waals surface area contributed by atoms with Crippen LogP contribution in [0.4, 0.5) is 0 Å². The van der Waals surface area contributed by atoms with E-state index in [0.717, 1.165) is 29.4 Å². The number of hydrogen-bond donors (Lipinski definition) is 2. The highest BCUT2D eigenvalue weighted by Crippen LogP contribution is 2.35. The van der Waals surface area contributed by atoms with E-state index in [1.54, 1.807) is 18.0 Å². The first kappa shape index (κ1) is 17.4. The van der Waals surface area contributed by atoms with Crippen LogP contribution in [0.2, 0.25) is 0 Å². The van der Waals surface area contributed by atoms with Gasteiger partial charge in [-0.05, 0) is 18.9 Å². The van der Waals surface area contributed by atoms with Crippen LogP contribution in [-0.4, -0.2) is 38.8 Å². The van der Waals surface area contributed by atoms with Gasteiger partial charge in [0, 0.05) is 30.5 Å². The zero-order valence-corrected chi connectivity index (χ0v) is 15.0. The number of H-pyrrole nitrogens is 1. The van der Waals surface area contributed by atoms with E-state index in [1.807, 2.05) is 24.3 Å². The molecule has 2 aromatic heterocycles. The smallest absolute Gasteiger partial charge is 0.251 e. The Hall–Kier alpha value is -3.00. The first-order valence-electron chi connectivity index (χ1n) is 8.91. The lowest BCUT2D eigenvalue weighted by Crippen LogP contribution is -2.45. The summed E-state index contributed by atoms with van der Waals surface area (Å²) in [5, 5.41) is 8.33. The van der Waals surface area contributed by atoms with Crippen molar-refractivity contribution in [2.75, 3.05) is 7.11 Å². The van der Waals surface area contributed by atoms with Crippen LogP contribution in [0.15, 0.2) is 41.3 Å². The van der Waals surface area contributed by atoms with Crippen molar-refractivity contribution >= 4 is 16.8 Å². The van der Waals surface area contributed by atoms with Crippen LogP contribution in [-0.2, 0) is 22.7 Å². The quantitative estimate of drug-likeness (QED) is 0.684. The van der Waals surface area contributed by atoms with Crippen LogP contribution < -0.4 is 10.9 Å². The molecule has 8 heteroatoms. The predicted octanol–water partition coefficient (Wildman–Crippen LogP) is 1.33. The highest BCUT2D eigenvalue weighted by atomic mass is 16.5. The number of aromatic nitrogens is 4. The number of carbonyl (C=O) groups excluding carboxylic acids is 1. The number of nitrogens with zero attached hydrogens (tertiary/aromatic N) is 3. The van der Waals surface area contributed by atoms with E-state index in [-0.39, 0.29) is 36.6 Å². The summed E-state index contributed by atoms with van der Waals surface area (Å²) >= 11 is 0. The minimum absolute atomic E-state index is 0.0637. The number of ether oxygens (including phenoxy) is 1. The van der Waals surface area contributed by atoms with E-state index in [9.17, 15) is 9.59 Å². The van der Waals surface area contributed by atoms with Crippen LogP contribution in [0.3, 0.4) is 0 Å². The normalized spacial score (nSPS) is 19.0. The lowest BCUT2D eigenvalue weighted by molar-refractivity contribution is -0.123. The lowest BCUT2D eigenvalue weighted by atomic mass is 9.78. The first-order chi connectivity index (χ1) is 13.1. The minimum Gasteiger partial charge on any atom is -0.377 e. The topological polar surface area (TPSA) is 102 Å². The number of rotatable bonds is 6. The van der Waals surface area contributed by atoms with E-state index in [0.29, 0.717) is 5.82 Å². The van der Waals surface area contributed by atoms with Crippen LogP contribution >= 0.6 is 0 Å². The van der Waals surface area contributed by atoms with Crippen molar-refractivity contribution in [1.29, 1.82) is 0 Å². The number of methoxy groups -OCH3 is 1. The van der Waals surface area contributed by atoms with Gasteiger partial charge in [0.2, 0.25) is 5.91 Å². The third-order valence-electron chi connectivity index (χ3n) is 4.86. The second kappa shape index (κ2) is 7.32. The summed E-state index contributed by atoms with van der Waals surface area (Å²) in [5.41, 5.74) is 1.52. The van der Waals surface area contributed by atoms with Gasteiger partial charge in [-0.15, -0.1) is 0 Å². The van der Waals surface area contributed by atoms with Gasteiger partial charge in [0.15, 0.2) is 0 Å². The second-order valence-corrected chi connectivity index (χ2v) is 6.84. The summed E-state index contributed by atoms with van der Waals surface area (Å²) in [5.74, 6) is 0.642. The third-order valence-corrected chi connectivity index (χ3v) is 4.86. The van der Waals surface area contributed by atoms with Crippen molar-refractivity contribution in [2.45, 2.75) is 38.0 Å². The van der Waals surface area contributed by atoms with Gasteiger partial charge in [0.1, 0.15) is 19.0 Å². The fraction of sp³-hybridized carbons (Fsp3) is 0.368. The summed E-state index contributed by atoms with van der Waals surface area (Å²) in [7, 11) is 1.56. The fourth-order valence-electron chi connectivity index (χ4n) is 3.48. The van der Waals surface area contributed by atoms with Crippen molar-refractivity contribution in [3.63, 3.8) is 0 Å². The molecular weight excluding hydrogens is 346 g/mol. The van der Waals surface area contributed by atoms with Crippen molar-refractivity contribution in [2.24, 2.45) is 0 Å². The zero-order valence-electron chi connectivity index (χ0n) is 15.0. The number of carbonyl (C=O) groups is 1. The Kier molecular flexibility index (Phi) is 4.72. The van der Waals surface area contributed by atoms with Gasteiger partial charge in [-0.1, -0.05) is 18.2 Å². The van der Waals surface area contributed by atoms with E-state index >= 15 is 0 Å². The molecule has 1 aromatic carbocycles. The maximum absolute atomic E-state index is 12.3. The van der Waals surface area contributed by atoms with Gasteiger partial charge in [-0.3, -0.25) is 14.3 Å². The molecule has 0 unspecified atom stereocenters. The zero-order chi connectivity index (χ0) is 18.8. The first-order valence-corrected chi connectivity index (χ1v) is 8.91. The van der Waals surface area contributed by atoms with Gasteiger partial charge in [0.05, 0.1) is 17.4 Å². The molecule has 0 atom stereocenters. The molecule has 27 heavy (non-hydrogen) atoms. The van der Waals surface area contributed by atoms with Crippen LogP contribution in [0, 0.1) is 0 Å².